The number of carboxylic acid groups (broad SMARTS) is 1. The average molecular weight is 296 g/mol. The highest BCUT2D eigenvalue weighted by Crippen LogP contribution is 2.30. The van der Waals surface area contributed by atoms with Crippen molar-refractivity contribution in [3.05, 3.63) is 48.0 Å². The van der Waals surface area contributed by atoms with Crippen LogP contribution in [0.15, 0.2) is 47.4 Å². The Morgan fingerprint density at radius 1 is 1.05 bits per heavy atom. The minimum Gasteiger partial charge on any atom is -0.507 e. The van der Waals surface area contributed by atoms with Crippen LogP contribution in [0.5, 0.6) is 5.75 Å². The molecule has 0 bridgehead atoms. The Morgan fingerprint density at radius 3 is 2.20 bits per heavy atom. The monoisotopic (exact) mass is 296 g/mol. The summed E-state index contributed by atoms with van der Waals surface area (Å²) in [6.45, 7) is 0. The molecule has 0 spiro atoms. The number of benzene rings is 2. The summed E-state index contributed by atoms with van der Waals surface area (Å²) in [6.07, 6.45) is 0. The lowest BCUT2D eigenvalue weighted by Gasteiger charge is -2.06. The summed E-state index contributed by atoms with van der Waals surface area (Å²) in [5.74, 6) is -4.02. The maximum Gasteiger partial charge on any atom is 0.339 e. The smallest absolute Gasteiger partial charge is 0.339 e. The number of thioether (sulfide) groups is 1. The molecule has 2 N–H and O–H groups in total. The van der Waals surface area contributed by atoms with Crippen LogP contribution in [-0.4, -0.2) is 21.9 Å². The predicted molar refractivity (Wildman–Crippen MR) is 72.4 cm³/mol. The lowest BCUT2D eigenvalue weighted by Crippen LogP contribution is -1.97. The van der Waals surface area contributed by atoms with E-state index in [1.165, 1.54) is 12.1 Å². The number of carboxylic acids is 1. The van der Waals surface area contributed by atoms with Gasteiger partial charge in [-0.1, -0.05) is 30.0 Å². The SMILES string of the molecule is O=C(O)c1cc(-c2ccc(SC(F)F)cc2)ccc1O. The van der Waals surface area contributed by atoms with Crippen molar-refractivity contribution >= 4 is 17.7 Å². The first kappa shape index (κ1) is 14.3. The van der Waals surface area contributed by atoms with E-state index in [4.69, 9.17) is 5.11 Å². The Balaban J connectivity index is 2.32. The van der Waals surface area contributed by atoms with E-state index in [-0.39, 0.29) is 11.3 Å². The molecule has 3 nitrogen and oxygen atoms in total. The number of phenols is 1. The molecular formula is C14H10F2O3S. The summed E-state index contributed by atoms with van der Waals surface area (Å²) in [4.78, 5) is 11.4. The van der Waals surface area contributed by atoms with Crippen LogP contribution >= 0.6 is 11.8 Å². The number of aromatic hydroxyl groups is 1. The van der Waals surface area contributed by atoms with Gasteiger partial charge in [0.25, 0.3) is 5.76 Å². The Bertz CT molecular complexity index is 627. The first-order valence-electron chi connectivity index (χ1n) is 5.59. The molecular weight excluding hydrogens is 286 g/mol. The zero-order valence-corrected chi connectivity index (χ0v) is 10.9. The zero-order chi connectivity index (χ0) is 14.7. The van der Waals surface area contributed by atoms with E-state index in [2.05, 4.69) is 0 Å². The maximum absolute atomic E-state index is 12.2. The highest BCUT2D eigenvalue weighted by molar-refractivity contribution is 7.99. The number of rotatable bonds is 4. The van der Waals surface area contributed by atoms with E-state index < -0.39 is 11.7 Å². The van der Waals surface area contributed by atoms with Crippen LogP contribution in [0, 0.1) is 0 Å². The predicted octanol–water partition coefficient (Wildman–Crippen LogP) is 4.07. The summed E-state index contributed by atoms with van der Waals surface area (Å²) in [5.41, 5.74) is 1.08. The third-order valence-electron chi connectivity index (χ3n) is 2.64. The number of hydrogen-bond acceptors (Lipinski definition) is 3. The van der Waals surface area contributed by atoms with Gasteiger partial charge in [-0.25, -0.2) is 4.79 Å². The molecule has 2 aromatic carbocycles. The van der Waals surface area contributed by atoms with E-state index in [1.54, 1.807) is 30.3 Å². The van der Waals surface area contributed by atoms with E-state index in [1.807, 2.05) is 0 Å². The normalized spacial score (nSPS) is 10.8. The largest absolute Gasteiger partial charge is 0.507 e. The van der Waals surface area contributed by atoms with Gasteiger partial charge in [-0.3, -0.25) is 0 Å². The van der Waals surface area contributed by atoms with E-state index in [9.17, 15) is 18.7 Å². The molecule has 6 heteroatoms. The van der Waals surface area contributed by atoms with Crippen molar-refractivity contribution in [2.24, 2.45) is 0 Å². The van der Waals surface area contributed by atoms with E-state index >= 15 is 0 Å². The maximum atomic E-state index is 12.2. The third-order valence-corrected chi connectivity index (χ3v) is 3.36. The standard InChI is InChI=1S/C14H10F2O3S/c15-14(16)20-10-4-1-8(2-5-10)9-3-6-12(17)11(7-9)13(18)19/h1-7,14,17H,(H,18,19). The molecule has 0 aliphatic rings. The lowest BCUT2D eigenvalue weighted by atomic mass is 10.0. The van der Waals surface area contributed by atoms with Gasteiger partial charge < -0.3 is 10.2 Å². The van der Waals surface area contributed by atoms with Crippen molar-refractivity contribution in [1.82, 2.24) is 0 Å². The van der Waals surface area contributed by atoms with Gasteiger partial charge in [-0.05, 0) is 35.4 Å². The van der Waals surface area contributed by atoms with Crippen molar-refractivity contribution in [3.8, 4) is 16.9 Å². The summed E-state index contributed by atoms with van der Waals surface area (Å²) < 4.78 is 24.4. The van der Waals surface area contributed by atoms with Gasteiger partial charge >= 0.3 is 5.97 Å². The van der Waals surface area contributed by atoms with Crippen LogP contribution in [0.1, 0.15) is 10.4 Å². The van der Waals surface area contributed by atoms with E-state index in [0.29, 0.717) is 27.8 Å². The molecule has 0 atom stereocenters. The highest BCUT2D eigenvalue weighted by atomic mass is 32.2. The lowest BCUT2D eigenvalue weighted by molar-refractivity contribution is 0.0694. The molecule has 0 radical (unpaired) electrons. The molecule has 0 fully saturated rings. The fraction of sp³-hybridized carbons (Fsp3) is 0.0714. The third kappa shape index (κ3) is 3.27. The van der Waals surface area contributed by atoms with Crippen molar-refractivity contribution in [1.29, 1.82) is 0 Å². The molecule has 2 aromatic rings. The molecule has 0 amide bonds. The van der Waals surface area contributed by atoms with Gasteiger partial charge in [0.2, 0.25) is 0 Å². The summed E-state index contributed by atoms with van der Waals surface area (Å²) >= 11 is 0.445. The average Bonchev–Trinajstić information content (AvgIpc) is 2.39. The summed E-state index contributed by atoms with van der Waals surface area (Å²) in [7, 11) is 0. The van der Waals surface area contributed by atoms with Gasteiger partial charge in [0.05, 0.1) is 0 Å². The summed E-state index contributed by atoms with van der Waals surface area (Å²) in [5, 5.41) is 18.4. The van der Waals surface area contributed by atoms with Crippen LogP contribution in [0.3, 0.4) is 0 Å². The molecule has 0 aliphatic carbocycles. The first-order chi connectivity index (χ1) is 9.47. The Labute approximate surface area is 117 Å². The Hall–Kier alpha value is -2.08. The second-order valence-electron chi connectivity index (χ2n) is 3.94. The molecule has 20 heavy (non-hydrogen) atoms. The van der Waals surface area contributed by atoms with Crippen molar-refractivity contribution in [2.75, 3.05) is 0 Å². The van der Waals surface area contributed by atoms with Gasteiger partial charge in [0.15, 0.2) is 0 Å². The van der Waals surface area contributed by atoms with Crippen LogP contribution < -0.4 is 0 Å². The van der Waals surface area contributed by atoms with Gasteiger partial charge in [-0.2, -0.15) is 8.78 Å². The minimum absolute atomic E-state index is 0.200. The number of halogens is 2. The van der Waals surface area contributed by atoms with Crippen molar-refractivity contribution in [3.63, 3.8) is 0 Å². The number of aromatic carboxylic acids is 1. The van der Waals surface area contributed by atoms with Crippen LogP contribution in [0.4, 0.5) is 8.78 Å². The van der Waals surface area contributed by atoms with Crippen molar-refractivity contribution < 1.29 is 23.8 Å². The quantitative estimate of drug-likeness (QED) is 0.835. The topological polar surface area (TPSA) is 57.5 Å². The Morgan fingerprint density at radius 2 is 1.65 bits per heavy atom. The highest BCUT2D eigenvalue weighted by Gasteiger charge is 2.11. The van der Waals surface area contributed by atoms with Crippen LogP contribution in [0.2, 0.25) is 0 Å². The molecule has 0 heterocycles. The second-order valence-corrected chi connectivity index (χ2v) is 5.00. The minimum atomic E-state index is -2.48. The van der Waals surface area contributed by atoms with Crippen molar-refractivity contribution in [2.45, 2.75) is 10.7 Å². The first-order valence-corrected chi connectivity index (χ1v) is 6.47. The fourth-order valence-electron chi connectivity index (χ4n) is 1.72. The van der Waals surface area contributed by atoms with Crippen LogP contribution in [0.25, 0.3) is 11.1 Å². The van der Waals surface area contributed by atoms with Gasteiger partial charge in [0.1, 0.15) is 11.3 Å². The number of alkyl halides is 2. The molecule has 0 unspecified atom stereocenters. The number of hydrogen-bond donors (Lipinski definition) is 2. The molecule has 0 saturated heterocycles. The van der Waals surface area contributed by atoms with E-state index in [0.717, 1.165) is 0 Å². The molecule has 0 saturated carbocycles. The number of carbonyl (C=O) groups is 1. The summed E-state index contributed by atoms with van der Waals surface area (Å²) in [6, 6.07) is 10.5. The molecule has 2 rings (SSSR count). The molecule has 0 aromatic heterocycles. The van der Waals surface area contributed by atoms with Gasteiger partial charge in [0, 0.05) is 4.90 Å². The van der Waals surface area contributed by atoms with Gasteiger partial charge in [-0.15, -0.1) is 0 Å². The fourth-order valence-corrected chi connectivity index (χ4v) is 2.21. The molecule has 0 aliphatic heterocycles. The second kappa shape index (κ2) is 5.92. The zero-order valence-electron chi connectivity index (χ0n) is 10.1. The molecule has 104 valence electrons. The van der Waals surface area contributed by atoms with Crippen LogP contribution in [-0.2, 0) is 0 Å². The Kier molecular flexibility index (Phi) is 4.24.